The molecule has 0 bridgehead atoms. The van der Waals surface area contributed by atoms with E-state index in [4.69, 9.17) is 0 Å². The van der Waals surface area contributed by atoms with E-state index in [2.05, 4.69) is 63.5 Å². The van der Waals surface area contributed by atoms with Gasteiger partial charge in [0, 0.05) is 52.7 Å². The maximum atomic E-state index is 4.55. The molecule has 1 radical (unpaired) electrons. The summed E-state index contributed by atoms with van der Waals surface area (Å²) in [5, 5.41) is 2.48. The molecule has 169 valence electrons. The summed E-state index contributed by atoms with van der Waals surface area (Å²) in [6.45, 7) is 4.01. The second-order valence-corrected chi connectivity index (χ2v) is 8.82. The van der Waals surface area contributed by atoms with Crippen molar-refractivity contribution in [2.45, 2.75) is 13.8 Å². The number of thiophene rings is 1. The van der Waals surface area contributed by atoms with Crippen molar-refractivity contribution in [2.75, 3.05) is 0 Å². The molecular weight excluding hydrogens is 615 g/mol. The van der Waals surface area contributed by atoms with Crippen LogP contribution in [0.15, 0.2) is 91.3 Å². The van der Waals surface area contributed by atoms with Gasteiger partial charge in [0.2, 0.25) is 0 Å². The third-order valence-electron chi connectivity index (χ3n) is 5.23. The predicted molar refractivity (Wildman–Crippen MR) is 137 cm³/mol. The average Bonchev–Trinajstić information content (AvgIpc) is 3.23. The Hall–Kier alpha value is -3.24. The second kappa shape index (κ2) is 10.8. The van der Waals surface area contributed by atoms with Gasteiger partial charge in [-0.05, 0) is 48.3 Å². The minimum Gasteiger partial charge on any atom is -0.317 e. The van der Waals surface area contributed by atoms with Crippen LogP contribution in [0, 0.1) is 26.0 Å². The van der Waals surface area contributed by atoms with Crippen molar-refractivity contribution in [3.05, 3.63) is 115 Å². The van der Waals surface area contributed by atoms with Crippen LogP contribution in [-0.4, -0.2) is 15.0 Å². The van der Waals surface area contributed by atoms with Gasteiger partial charge in [-0.1, -0.05) is 36.4 Å². The monoisotopic (exact) mass is 636 g/mol. The van der Waals surface area contributed by atoms with Crippen molar-refractivity contribution in [2.24, 2.45) is 0 Å². The fourth-order valence-corrected chi connectivity index (χ4v) is 4.66. The molecule has 4 heterocycles. The zero-order valence-corrected chi connectivity index (χ0v) is 22.0. The first-order valence-corrected chi connectivity index (χ1v) is 11.5. The number of benzene rings is 2. The molecule has 4 aromatic heterocycles. The zero-order valence-electron chi connectivity index (χ0n) is 18.7. The quantitative estimate of drug-likeness (QED) is 0.185. The van der Waals surface area contributed by atoms with Gasteiger partial charge in [-0.25, -0.2) is 0 Å². The van der Waals surface area contributed by atoms with Crippen LogP contribution in [0.25, 0.3) is 42.8 Å². The van der Waals surface area contributed by atoms with Crippen LogP contribution in [0.3, 0.4) is 0 Å². The van der Waals surface area contributed by atoms with Crippen LogP contribution in [-0.2, 0) is 20.1 Å². The van der Waals surface area contributed by atoms with E-state index in [9.17, 15) is 0 Å². The SMILES string of the molecule is Cc1cc[c-]c(-c2cc3sc4ccccc4c3cn2)n1.Cc1ccc(-c2[c-]cccc2)nc1.[Ir]. The van der Waals surface area contributed by atoms with Crippen LogP contribution in [0.4, 0.5) is 0 Å². The van der Waals surface area contributed by atoms with Gasteiger partial charge in [0.15, 0.2) is 0 Å². The number of pyridine rings is 3. The maximum Gasteiger partial charge on any atom is 0.0355 e. The van der Waals surface area contributed by atoms with Crippen LogP contribution in [0.5, 0.6) is 0 Å². The van der Waals surface area contributed by atoms with Crippen LogP contribution in [0.2, 0.25) is 0 Å². The molecule has 5 heteroatoms. The van der Waals surface area contributed by atoms with Crippen LogP contribution < -0.4 is 0 Å². The molecule has 0 spiro atoms. The summed E-state index contributed by atoms with van der Waals surface area (Å²) >= 11 is 1.79. The van der Waals surface area contributed by atoms with E-state index >= 15 is 0 Å². The number of aromatic nitrogens is 3. The normalized spacial score (nSPS) is 10.4. The molecule has 0 atom stereocenters. The van der Waals surface area contributed by atoms with E-state index in [1.807, 2.05) is 68.7 Å². The van der Waals surface area contributed by atoms with Crippen molar-refractivity contribution in [1.29, 1.82) is 0 Å². The van der Waals surface area contributed by atoms with E-state index in [0.717, 1.165) is 28.3 Å². The number of rotatable bonds is 2. The van der Waals surface area contributed by atoms with Crippen LogP contribution >= 0.6 is 11.3 Å². The standard InChI is InChI=1S/C17H11N2S.C12H10N.Ir/c1-11-5-4-7-14(19-11)15-9-17-13(10-18-15)12-6-2-3-8-16(12)20-17;1-10-7-8-12(13-9-10)11-5-3-2-4-6-11;/h2-6,8-10H,1H3;2-5,7-9H,1H3;/q2*-1;. The van der Waals surface area contributed by atoms with Gasteiger partial charge >= 0.3 is 0 Å². The van der Waals surface area contributed by atoms with Gasteiger partial charge in [0.25, 0.3) is 0 Å². The van der Waals surface area contributed by atoms with Gasteiger partial charge < -0.3 is 9.97 Å². The molecule has 0 N–H and O–H groups in total. The average molecular weight is 636 g/mol. The summed E-state index contributed by atoms with van der Waals surface area (Å²) < 4.78 is 2.54. The van der Waals surface area contributed by atoms with E-state index in [0.29, 0.717) is 0 Å². The number of aryl methyl sites for hydroxylation is 2. The molecule has 3 nitrogen and oxygen atoms in total. The van der Waals surface area contributed by atoms with E-state index in [1.54, 1.807) is 11.3 Å². The van der Waals surface area contributed by atoms with E-state index in [-0.39, 0.29) is 20.1 Å². The zero-order chi connectivity index (χ0) is 22.6. The molecule has 0 fully saturated rings. The number of hydrogen-bond acceptors (Lipinski definition) is 4. The molecule has 0 saturated heterocycles. The van der Waals surface area contributed by atoms with Gasteiger partial charge in [-0.3, -0.25) is 4.98 Å². The summed E-state index contributed by atoms with van der Waals surface area (Å²) in [5.74, 6) is 0. The molecule has 0 aliphatic heterocycles. The van der Waals surface area contributed by atoms with Crippen molar-refractivity contribution < 1.29 is 20.1 Å². The second-order valence-electron chi connectivity index (χ2n) is 7.74. The number of fused-ring (bicyclic) bond motifs is 3. The molecule has 6 rings (SSSR count). The Bertz CT molecular complexity index is 1530. The maximum absolute atomic E-state index is 4.55. The third kappa shape index (κ3) is 5.28. The Labute approximate surface area is 216 Å². The summed E-state index contributed by atoms with van der Waals surface area (Å²) in [4.78, 5) is 13.4. The minimum atomic E-state index is 0. The first-order chi connectivity index (χ1) is 16.2. The molecule has 0 unspecified atom stereocenters. The van der Waals surface area contributed by atoms with Gasteiger partial charge in [-0.15, -0.1) is 53.3 Å². The number of hydrogen-bond donors (Lipinski definition) is 0. The minimum absolute atomic E-state index is 0. The largest absolute Gasteiger partial charge is 0.317 e. The molecule has 0 aliphatic rings. The summed E-state index contributed by atoms with van der Waals surface area (Å²) in [5.41, 5.74) is 5.88. The molecule has 2 aromatic carbocycles. The Morgan fingerprint density at radius 3 is 2.29 bits per heavy atom. The van der Waals surface area contributed by atoms with Crippen LogP contribution in [0.1, 0.15) is 11.3 Å². The number of nitrogens with zero attached hydrogens (tertiary/aromatic N) is 3. The van der Waals surface area contributed by atoms with E-state index in [1.165, 1.54) is 25.7 Å². The van der Waals surface area contributed by atoms with Gasteiger partial charge in [0.05, 0.1) is 0 Å². The Kier molecular flexibility index (Phi) is 7.59. The van der Waals surface area contributed by atoms with Crippen molar-refractivity contribution >= 4 is 31.5 Å². The Balaban J connectivity index is 0.000000171. The van der Waals surface area contributed by atoms with E-state index < -0.39 is 0 Å². The third-order valence-corrected chi connectivity index (χ3v) is 6.37. The topological polar surface area (TPSA) is 38.7 Å². The van der Waals surface area contributed by atoms with Crippen molar-refractivity contribution in [1.82, 2.24) is 15.0 Å². The summed E-state index contributed by atoms with van der Waals surface area (Å²) in [6, 6.07) is 32.6. The smallest absolute Gasteiger partial charge is 0.0355 e. The molecule has 34 heavy (non-hydrogen) atoms. The molecular formula is C29H21IrN3S-2. The molecule has 6 aromatic rings. The predicted octanol–water partition coefficient (Wildman–Crippen LogP) is 7.47. The van der Waals surface area contributed by atoms with Crippen molar-refractivity contribution in [3.8, 4) is 22.6 Å². The fourth-order valence-electron chi connectivity index (χ4n) is 3.55. The molecule has 0 amide bonds. The van der Waals surface area contributed by atoms with Gasteiger partial charge in [0.1, 0.15) is 0 Å². The Morgan fingerprint density at radius 2 is 1.53 bits per heavy atom. The molecule has 0 aliphatic carbocycles. The van der Waals surface area contributed by atoms with Gasteiger partial charge in [-0.2, -0.15) is 12.1 Å². The first kappa shape index (κ1) is 23.9. The Morgan fingerprint density at radius 1 is 0.706 bits per heavy atom. The summed E-state index contributed by atoms with van der Waals surface area (Å²) in [7, 11) is 0. The first-order valence-electron chi connectivity index (χ1n) is 10.7. The fraction of sp³-hybridized carbons (Fsp3) is 0.0690. The summed E-state index contributed by atoms with van der Waals surface area (Å²) in [6.07, 6.45) is 3.82. The van der Waals surface area contributed by atoms with Crippen molar-refractivity contribution in [3.63, 3.8) is 0 Å². The molecule has 0 saturated carbocycles.